The average molecular weight is 751 g/mol. The van der Waals surface area contributed by atoms with E-state index in [0.717, 1.165) is 91.1 Å². The first-order valence-corrected chi connectivity index (χ1v) is 19.4. The summed E-state index contributed by atoms with van der Waals surface area (Å²) in [5, 5.41) is 2.71. The number of imidazole rings is 2. The second-order valence-electron chi connectivity index (χ2n) is 14.8. The molecule has 5 aromatic rings. The molecule has 2 aromatic heterocycles. The third-order valence-corrected chi connectivity index (χ3v) is 11.3. The predicted molar refractivity (Wildman–Crippen MR) is 212 cm³/mol. The number of ether oxygens (including phenoxy) is 1. The summed E-state index contributed by atoms with van der Waals surface area (Å²) in [6.07, 6.45) is 8.48. The Balaban J connectivity index is 0.900. The fourth-order valence-electron chi connectivity index (χ4n) is 8.23. The molecule has 0 bridgehead atoms. The number of amides is 3. The van der Waals surface area contributed by atoms with Gasteiger partial charge in [0.25, 0.3) is 5.91 Å². The van der Waals surface area contributed by atoms with Crippen LogP contribution in [0.25, 0.3) is 22.5 Å². The third-order valence-electron chi connectivity index (χ3n) is 11.3. The van der Waals surface area contributed by atoms with Crippen molar-refractivity contribution in [2.45, 2.75) is 62.7 Å². The van der Waals surface area contributed by atoms with Crippen molar-refractivity contribution >= 4 is 17.9 Å². The van der Waals surface area contributed by atoms with Gasteiger partial charge in [-0.2, -0.15) is 0 Å². The minimum absolute atomic E-state index is 0.0121. The van der Waals surface area contributed by atoms with Crippen LogP contribution >= 0.6 is 0 Å². The molecule has 4 atom stereocenters. The molecule has 3 aliphatic heterocycles. The Bertz CT molecular complexity index is 2240. The van der Waals surface area contributed by atoms with Gasteiger partial charge in [-0.15, -0.1) is 0 Å². The van der Waals surface area contributed by atoms with Gasteiger partial charge in [-0.25, -0.2) is 14.8 Å². The van der Waals surface area contributed by atoms with E-state index in [1.54, 1.807) is 11.1 Å². The van der Waals surface area contributed by atoms with E-state index in [1.807, 2.05) is 97.0 Å². The monoisotopic (exact) mass is 750 g/mol. The van der Waals surface area contributed by atoms with E-state index in [1.165, 1.54) is 7.11 Å². The standard InChI is InChI=1S/C44H46N8O4/c1-50-24-6-13-38(50)42(53)51-25-7-11-36(51)40-45-27-34(47-40)31-20-16-29(17-21-31)14-15-30-18-22-32(23-19-30)35-28-46-41(48-35)37-12-8-26-52(37)43(54)39(49-44(55)56-2)33-9-4-3-5-10-33/h3-5,9-10,16-23,27-28,36-39H,6-8,11-13,24-26H2,1-2H3,(H,45,47)(H,46,48)(H,49,55)/t36-,37-,38?,39+/m0/s1. The first-order chi connectivity index (χ1) is 27.4. The summed E-state index contributed by atoms with van der Waals surface area (Å²) in [6.45, 7) is 2.32. The number of carbonyl (C=O) groups excluding carboxylic acids is 3. The minimum atomic E-state index is -0.870. The number of hydrogen-bond donors (Lipinski definition) is 3. The Labute approximate surface area is 326 Å². The maximum absolute atomic E-state index is 13.8. The molecular weight excluding hydrogens is 705 g/mol. The fraction of sp³-hybridized carbons (Fsp3) is 0.341. The number of nitrogens with one attached hydrogen (secondary N) is 3. The molecule has 3 saturated heterocycles. The van der Waals surface area contributed by atoms with E-state index in [0.29, 0.717) is 17.9 Å². The zero-order valence-corrected chi connectivity index (χ0v) is 31.7. The number of likely N-dealkylation sites (tertiary alicyclic amines) is 3. The van der Waals surface area contributed by atoms with Crippen molar-refractivity contribution in [3.8, 4) is 34.4 Å². The van der Waals surface area contributed by atoms with Crippen molar-refractivity contribution in [2.75, 3.05) is 33.8 Å². The number of nitrogens with zero attached hydrogens (tertiary/aromatic N) is 5. The highest BCUT2D eigenvalue weighted by atomic mass is 16.5. The molecule has 56 heavy (non-hydrogen) atoms. The largest absolute Gasteiger partial charge is 0.453 e. The van der Waals surface area contributed by atoms with Gasteiger partial charge in [-0.3, -0.25) is 14.5 Å². The molecule has 286 valence electrons. The highest BCUT2D eigenvalue weighted by Gasteiger charge is 2.39. The molecule has 3 fully saturated rings. The van der Waals surface area contributed by atoms with Gasteiger partial charge in [0.2, 0.25) is 5.91 Å². The molecule has 8 rings (SSSR count). The normalized spacial score (nSPS) is 20.1. The molecule has 0 spiro atoms. The number of likely N-dealkylation sites (N-methyl/N-ethyl adjacent to an activating group) is 1. The van der Waals surface area contributed by atoms with Crippen LogP contribution in [0, 0.1) is 11.8 Å². The number of hydrogen-bond acceptors (Lipinski definition) is 7. The van der Waals surface area contributed by atoms with Gasteiger partial charge in [-0.1, -0.05) is 66.4 Å². The van der Waals surface area contributed by atoms with Crippen LogP contribution in [0.3, 0.4) is 0 Å². The Kier molecular flexibility index (Phi) is 10.7. The lowest BCUT2D eigenvalue weighted by Crippen LogP contribution is -2.44. The van der Waals surface area contributed by atoms with Crippen LogP contribution in [-0.4, -0.2) is 92.4 Å². The number of carbonyl (C=O) groups is 3. The zero-order valence-electron chi connectivity index (χ0n) is 31.7. The topological polar surface area (TPSA) is 140 Å². The molecule has 0 saturated carbocycles. The lowest BCUT2D eigenvalue weighted by molar-refractivity contribution is -0.136. The summed E-state index contributed by atoms with van der Waals surface area (Å²) in [5.74, 6) is 8.12. The van der Waals surface area contributed by atoms with Gasteiger partial charge in [0.15, 0.2) is 0 Å². The highest BCUT2D eigenvalue weighted by molar-refractivity contribution is 5.87. The van der Waals surface area contributed by atoms with Gasteiger partial charge < -0.3 is 29.8 Å². The van der Waals surface area contributed by atoms with Crippen LogP contribution in [0.1, 0.15) is 85.0 Å². The van der Waals surface area contributed by atoms with Crippen molar-refractivity contribution in [3.63, 3.8) is 0 Å². The SMILES string of the molecule is COC(=O)N[C@@H](C(=O)N1CCC[C@H]1c1ncc(-c2ccc(C#Cc3ccc(-c4cnc([C@@H]5CCCN5C(=O)C5CCCN5C)[nH]4)cc3)cc2)[nH]1)c1ccccc1. The number of H-pyrrole nitrogens is 2. The van der Waals surface area contributed by atoms with Gasteiger partial charge >= 0.3 is 6.09 Å². The van der Waals surface area contributed by atoms with E-state index in [4.69, 9.17) is 9.72 Å². The molecule has 5 heterocycles. The number of aromatic nitrogens is 4. The molecule has 3 amide bonds. The van der Waals surface area contributed by atoms with E-state index >= 15 is 0 Å². The summed E-state index contributed by atoms with van der Waals surface area (Å²) in [6, 6.07) is 24.1. The van der Waals surface area contributed by atoms with Crippen LogP contribution < -0.4 is 5.32 Å². The lowest BCUT2D eigenvalue weighted by atomic mass is 10.1. The van der Waals surface area contributed by atoms with E-state index in [9.17, 15) is 14.4 Å². The molecule has 3 aromatic carbocycles. The molecule has 12 nitrogen and oxygen atoms in total. The van der Waals surface area contributed by atoms with Crippen LogP contribution in [0.2, 0.25) is 0 Å². The zero-order chi connectivity index (χ0) is 38.6. The number of alkyl carbamates (subject to hydrolysis) is 1. The number of methoxy groups -OCH3 is 1. The van der Waals surface area contributed by atoms with Gasteiger partial charge in [0.05, 0.1) is 49.0 Å². The van der Waals surface area contributed by atoms with Gasteiger partial charge in [0, 0.05) is 24.2 Å². The van der Waals surface area contributed by atoms with Crippen LogP contribution in [0.4, 0.5) is 4.79 Å². The third kappa shape index (κ3) is 7.68. The van der Waals surface area contributed by atoms with Crippen molar-refractivity contribution in [3.05, 3.63) is 120 Å². The minimum Gasteiger partial charge on any atom is -0.453 e. The maximum atomic E-state index is 13.8. The van der Waals surface area contributed by atoms with E-state index < -0.39 is 12.1 Å². The Morgan fingerprint density at radius 3 is 1.80 bits per heavy atom. The summed E-state index contributed by atoms with van der Waals surface area (Å²) in [5.41, 5.74) is 6.21. The van der Waals surface area contributed by atoms with Crippen LogP contribution in [0.5, 0.6) is 0 Å². The Hall–Kier alpha value is -6.19. The predicted octanol–water partition coefficient (Wildman–Crippen LogP) is 6.39. The molecule has 3 N–H and O–H groups in total. The molecule has 0 radical (unpaired) electrons. The number of rotatable bonds is 8. The van der Waals surface area contributed by atoms with Crippen molar-refractivity contribution in [1.29, 1.82) is 0 Å². The molecule has 12 heteroatoms. The Morgan fingerprint density at radius 2 is 1.27 bits per heavy atom. The van der Waals surface area contributed by atoms with E-state index in [-0.39, 0.29) is 29.9 Å². The first kappa shape index (κ1) is 36.8. The van der Waals surface area contributed by atoms with Crippen molar-refractivity contribution < 1.29 is 19.1 Å². The van der Waals surface area contributed by atoms with Gasteiger partial charge in [-0.05, 0) is 93.1 Å². The maximum Gasteiger partial charge on any atom is 0.407 e. The van der Waals surface area contributed by atoms with Crippen LogP contribution in [-0.2, 0) is 14.3 Å². The van der Waals surface area contributed by atoms with Gasteiger partial charge in [0.1, 0.15) is 17.7 Å². The quantitative estimate of drug-likeness (QED) is 0.156. The Morgan fingerprint density at radius 1 is 0.732 bits per heavy atom. The number of aromatic amines is 2. The van der Waals surface area contributed by atoms with E-state index in [2.05, 4.69) is 37.0 Å². The first-order valence-electron chi connectivity index (χ1n) is 19.4. The fourth-order valence-corrected chi connectivity index (χ4v) is 8.23. The molecule has 1 unspecified atom stereocenters. The highest BCUT2D eigenvalue weighted by Crippen LogP contribution is 2.35. The van der Waals surface area contributed by atoms with Crippen molar-refractivity contribution in [2.24, 2.45) is 0 Å². The van der Waals surface area contributed by atoms with Crippen molar-refractivity contribution in [1.82, 2.24) is 40.0 Å². The average Bonchev–Trinajstić information content (AvgIpc) is 4.09. The number of benzene rings is 3. The molecule has 3 aliphatic rings. The summed E-state index contributed by atoms with van der Waals surface area (Å²) < 4.78 is 4.82. The molecule has 0 aliphatic carbocycles. The molecular formula is C44H46N8O4. The smallest absolute Gasteiger partial charge is 0.407 e. The summed E-state index contributed by atoms with van der Waals surface area (Å²) in [4.78, 5) is 61.7. The second kappa shape index (κ2) is 16.3. The van der Waals surface area contributed by atoms with Crippen LogP contribution in [0.15, 0.2) is 91.3 Å². The summed E-state index contributed by atoms with van der Waals surface area (Å²) >= 11 is 0. The summed E-state index contributed by atoms with van der Waals surface area (Å²) in [7, 11) is 3.33. The second-order valence-corrected chi connectivity index (χ2v) is 14.8. The lowest BCUT2D eigenvalue weighted by Gasteiger charge is -2.29.